The molecule has 2 nitrogen and oxygen atoms in total. The highest BCUT2D eigenvalue weighted by molar-refractivity contribution is 5.65. The van der Waals surface area contributed by atoms with E-state index in [1.165, 1.54) is 12.3 Å². The number of H-pyrrole nitrogens is 1. The molecule has 1 aromatic carbocycles. The standard InChI is InChI=1S/C11H8F4N2/c1-6-8(5-16-17-6)7-2-3-10(12)9(4-7)11(13,14)15/h2-5H,1H3,(H,16,17). The minimum Gasteiger partial charge on any atom is -0.282 e. The number of nitrogens with zero attached hydrogens (tertiary/aromatic N) is 1. The van der Waals surface area contributed by atoms with Crippen LogP contribution in [-0.4, -0.2) is 10.2 Å². The van der Waals surface area contributed by atoms with Crippen molar-refractivity contribution in [2.45, 2.75) is 13.1 Å². The summed E-state index contributed by atoms with van der Waals surface area (Å²) in [6.07, 6.45) is -3.29. The van der Waals surface area contributed by atoms with Crippen molar-refractivity contribution in [1.82, 2.24) is 10.2 Å². The van der Waals surface area contributed by atoms with Crippen molar-refractivity contribution in [1.29, 1.82) is 0 Å². The number of nitrogens with one attached hydrogen (secondary N) is 1. The van der Waals surface area contributed by atoms with Crippen LogP contribution in [0, 0.1) is 12.7 Å². The van der Waals surface area contributed by atoms with E-state index < -0.39 is 17.6 Å². The zero-order valence-electron chi connectivity index (χ0n) is 8.77. The van der Waals surface area contributed by atoms with Gasteiger partial charge in [0, 0.05) is 11.3 Å². The van der Waals surface area contributed by atoms with Crippen LogP contribution in [0.2, 0.25) is 0 Å². The molecule has 0 spiro atoms. The highest BCUT2D eigenvalue weighted by Crippen LogP contribution is 2.34. The molecule has 0 unspecified atom stereocenters. The number of benzene rings is 1. The number of aryl methyl sites for hydroxylation is 1. The van der Waals surface area contributed by atoms with E-state index in [0.717, 1.165) is 12.1 Å². The molecule has 1 N–H and O–H groups in total. The summed E-state index contributed by atoms with van der Waals surface area (Å²) < 4.78 is 50.6. The molecule has 0 fully saturated rings. The lowest BCUT2D eigenvalue weighted by atomic mass is 10.0. The molecule has 0 saturated carbocycles. The highest BCUT2D eigenvalue weighted by atomic mass is 19.4. The van der Waals surface area contributed by atoms with Gasteiger partial charge in [-0.2, -0.15) is 18.3 Å². The van der Waals surface area contributed by atoms with Crippen molar-refractivity contribution in [2.24, 2.45) is 0 Å². The van der Waals surface area contributed by atoms with E-state index in [2.05, 4.69) is 10.2 Å². The maximum atomic E-state index is 13.1. The number of rotatable bonds is 1. The second-order valence-corrected chi connectivity index (χ2v) is 3.60. The molecule has 2 aromatic rings. The van der Waals surface area contributed by atoms with E-state index in [-0.39, 0.29) is 5.56 Å². The van der Waals surface area contributed by atoms with Gasteiger partial charge in [-0.3, -0.25) is 5.10 Å². The number of hydrogen-bond donors (Lipinski definition) is 1. The first-order valence-corrected chi connectivity index (χ1v) is 4.76. The maximum absolute atomic E-state index is 13.1. The number of hydrogen-bond acceptors (Lipinski definition) is 1. The largest absolute Gasteiger partial charge is 0.419 e. The summed E-state index contributed by atoms with van der Waals surface area (Å²) in [6.45, 7) is 1.68. The number of alkyl halides is 3. The molecule has 1 heterocycles. The fourth-order valence-corrected chi connectivity index (χ4v) is 1.55. The minimum absolute atomic E-state index is 0.282. The van der Waals surface area contributed by atoms with Gasteiger partial charge < -0.3 is 0 Å². The molecule has 0 bridgehead atoms. The lowest BCUT2D eigenvalue weighted by molar-refractivity contribution is -0.139. The maximum Gasteiger partial charge on any atom is 0.419 e. The zero-order chi connectivity index (χ0) is 12.6. The molecule has 90 valence electrons. The summed E-state index contributed by atoms with van der Waals surface area (Å²) in [5.74, 6) is -1.28. The Labute approximate surface area is 94.3 Å². The van der Waals surface area contributed by atoms with Crippen molar-refractivity contribution in [3.8, 4) is 11.1 Å². The van der Waals surface area contributed by atoms with Gasteiger partial charge in [0.05, 0.1) is 11.8 Å². The molecule has 17 heavy (non-hydrogen) atoms. The Morgan fingerprint density at radius 1 is 1.24 bits per heavy atom. The van der Waals surface area contributed by atoms with Gasteiger partial charge in [0.25, 0.3) is 0 Å². The van der Waals surface area contributed by atoms with Crippen LogP contribution in [0.15, 0.2) is 24.4 Å². The molecule has 0 atom stereocenters. The van der Waals surface area contributed by atoms with Crippen molar-refractivity contribution in [3.63, 3.8) is 0 Å². The molecule has 0 amide bonds. The van der Waals surface area contributed by atoms with Crippen molar-refractivity contribution < 1.29 is 17.6 Å². The Hall–Kier alpha value is -1.85. The van der Waals surface area contributed by atoms with Crippen LogP contribution < -0.4 is 0 Å². The second kappa shape index (κ2) is 3.87. The molecular formula is C11H8F4N2. The molecule has 0 saturated heterocycles. The summed E-state index contributed by atoms with van der Waals surface area (Å²) in [5, 5.41) is 6.33. The minimum atomic E-state index is -4.70. The fraction of sp³-hybridized carbons (Fsp3) is 0.182. The van der Waals surface area contributed by atoms with E-state index in [9.17, 15) is 17.6 Å². The van der Waals surface area contributed by atoms with Gasteiger partial charge in [-0.25, -0.2) is 4.39 Å². The Morgan fingerprint density at radius 3 is 2.47 bits per heavy atom. The van der Waals surface area contributed by atoms with E-state index in [1.54, 1.807) is 6.92 Å². The van der Waals surface area contributed by atoms with Crippen molar-refractivity contribution >= 4 is 0 Å². The van der Waals surface area contributed by atoms with Crippen molar-refractivity contribution in [2.75, 3.05) is 0 Å². The summed E-state index contributed by atoms with van der Waals surface area (Å²) in [7, 11) is 0. The third kappa shape index (κ3) is 2.15. The summed E-state index contributed by atoms with van der Waals surface area (Å²) in [6, 6.07) is 2.89. The molecule has 0 aliphatic heterocycles. The SMILES string of the molecule is Cc1[nH]ncc1-c1ccc(F)c(C(F)(F)F)c1. The van der Waals surface area contributed by atoms with E-state index in [1.807, 2.05) is 0 Å². The number of aromatic nitrogens is 2. The average molecular weight is 244 g/mol. The zero-order valence-corrected chi connectivity index (χ0v) is 8.77. The quantitative estimate of drug-likeness (QED) is 0.763. The Balaban J connectivity index is 2.56. The summed E-state index contributed by atoms with van der Waals surface area (Å²) in [5.41, 5.74) is 0.167. The average Bonchev–Trinajstić information content (AvgIpc) is 2.63. The van der Waals surface area contributed by atoms with Gasteiger partial charge in [-0.05, 0) is 24.6 Å². The van der Waals surface area contributed by atoms with Crippen molar-refractivity contribution in [3.05, 3.63) is 41.5 Å². The van der Waals surface area contributed by atoms with Gasteiger partial charge in [-0.15, -0.1) is 0 Å². The Morgan fingerprint density at radius 2 is 1.94 bits per heavy atom. The van der Waals surface area contributed by atoms with Crippen LogP contribution in [0.25, 0.3) is 11.1 Å². The molecule has 1 aromatic heterocycles. The molecular weight excluding hydrogens is 236 g/mol. The highest BCUT2D eigenvalue weighted by Gasteiger charge is 2.34. The Bertz CT molecular complexity index is 543. The first-order valence-electron chi connectivity index (χ1n) is 4.76. The van der Waals surface area contributed by atoms with Crippen LogP contribution >= 0.6 is 0 Å². The lowest BCUT2D eigenvalue weighted by Gasteiger charge is -2.09. The predicted octanol–water partition coefficient (Wildman–Crippen LogP) is 3.54. The smallest absolute Gasteiger partial charge is 0.282 e. The van der Waals surface area contributed by atoms with Gasteiger partial charge in [0.15, 0.2) is 0 Å². The molecule has 0 radical (unpaired) electrons. The normalized spacial score (nSPS) is 11.8. The van der Waals surface area contributed by atoms with Crippen LogP contribution in [0.1, 0.15) is 11.3 Å². The molecule has 0 aliphatic carbocycles. The lowest BCUT2D eigenvalue weighted by Crippen LogP contribution is -2.08. The molecule has 0 aliphatic rings. The first-order chi connectivity index (χ1) is 7.89. The van der Waals surface area contributed by atoms with Crippen LogP contribution in [0.4, 0.5) is 17.6 Å². The second-order valence-electron chi connectivity index (χ2n) is 3.60. The van der Waals surface area contributed by atoms with Crippen LogP contribution in [0.5, 0.6) is 0 Å². The number of aromatic amines is 1. The Kier molecular flexibility index (Phi) is 2.65. The first kappa shape index (κ1) is 11.6. The van der Waals surface area contributed by atoms with Gasteiger partial charge in [-0.1, -0.05) is 6.07 Å². The van der Waals surface area contributed by atoms with Gasteiger partial charge in [0.1, 0.15) is 5.82 Å². The third-order valence-electron chi connectivity index (χ3n) is 2.41. The van der Waals surface area contributed by atoms with E-state index in [4.69, 9.17) is 0 Å². The van der Waals surface area contributed by atoms with Gasteiger partial charge >= 0.3 is 6.18 Å². The van der Waals surface area contributed by atoms with Crippen LogP contribution in [-0.2, 0) is 6.18 Å². The fourth-order valence-electron chi connectivity index (χ4n) is 1.55. The summed E-state index contributed by atoms with van der Waals surface area (Å²) >= 11 is 0. The topological polar surface area (TPSA) is 28.7 Å². The number of halogens is 4. The monoisotopic (exact) mass is 244 g/mol. The third-order valence-corrected chi connectivity index (χ3v) is 2.41. The predicted molar refractivity (Wildman–Crippen MR) is 53.7 cm³/mol. The van der Waals surface area contributed by atoms with E-state index in [0.29, 0.717) is 11.3 Å². The van der Waals surface area contributed by atoms with Crippen LogP contribution in [0.3, 0.4) is 0 Å². The molecule has 2 rings (SSSR count). The van der Waals surface area contributed by atoms with Gasteiger partial charge in [0.2, 0.25) is 0 Å². The summed E-state index contributed by atoms with van der Waals surface area (Å²) in [4.78, 5) is 0. The van der Waals surface area contributed by atoms with E-state index >= 15 is 0 Å². The molecule has 6 heteroatoms.